The quantitative estimate of drug-likeness (QED) is 0.448. The average molecular weight is 305 g/mol. The van der Waals surface area contributed by atoms with E-state index in [4.69, 9.17) is 0 Å². The third-order valence-electron chi connectivity index (χ3n) is 8.71. The van der Waals surface area contributed by atoms with Crippen LogP contribution in [-0.4, -0.2) is 0 Å². The van der Waals surface area contributed by atoms with E-state index in [1.54, 1.807) is 44.9 Å². The van der Waals surface area contributed by atoms with Crippen molar-refractivity contribution in [2.45, 2.75) is 98.8 Å². The zero-order valence-electron chi connectivity index (χ0n) is 16.0. The van der Waals surface area contributed by atoms with Crippen molar-refractivity contribution in [3.63, 3.8) is 0 Å². The summed E-state index contributed by atoms with van der Waals surface area (Å²) >= 11 is 0. The van der Waals surface area contributed by atoms with Gasteiger partial charge in [-0.2, -0.15) is 0 Å². The predicted octanol–water partition coefficient (Wildman–Crippen LogP) is 7.08. The summed E-state index contributed by atoms with van der Waals surface area (Å²) in [4.78, 5) is 0. The lowest BCUT2D eigenvalue weighted by Crippen LogP contribution is -2.52. The molecule has 0 N–H and O–H groups in total. The fourth-order valence-corrected chi connectivity index (χ4v) is 7.47. The van der Waals surface area contributed by atoms with Crippen LogP contribution in [0, 0.1) is 40.4 Å². The number of hydrogen-bond acceptors (Lipinski definition) is 0. The van der Waals surface area contributed by atoms with Crippen LogP contribution in [0.5, 0.6) is 0 Å². The molecule has 0 nitrogen and oxygen atoms in total. The van der Waals surface area contributed by atoms with Gasteiger partial charge in [0.05, 0.1) is 0 Å². The van der Waals surface area contributed by atoms with Crippen LogP contribution in [0.15, 0.2) is 0 Å². The second kappa shape index (κ2) is 6.14. The summed E-state index contributed by atoms with van der Waals surface area (Å²) < 4.78 is 0. The Balaban J connectivity index is 0.000000693. The highest BCUT2D eigenvalue weighted by Gasteiger charge is 2.57. The van der Waals surface area contributed by atoms with Gasteiger partial charge >= 0.3 is 0 Å². The second-order valence-corrected chi connectivity index (χ2v) is 9.62. The van der Waals surface area contributed by atoms with Crippen molar-refractivity contribution >= 4 is 0 Å². The first-order valence-electron chi connectivity index (χ1n) is 10.5. The Bertz CT molecular complexity index is 385. The van der Waals surface area contributed by atoms with E-state index in [1.807, 2.05) is 13.8 Å². The molecule has 0 radical (unpaired) electrons. The van der Waals surface area contributed by atoms with Crippen LogP contribution in [0.25, 0.3) is 0 Å². The maximum atomic E-state index is 2.71. The molecule has 0 aromatic rings. The summed E-state index contributed by atoms with van der Waals surface area (Å²) in [6.45, 7) is 11.8. The molecule has 0 heterocycles. The van der Waals surface area contributed by atoms with Crippen molar-refractivity contribution in [2.24, 2.45) is 40.4 Å². The third-order valence-corrected chi connectivity index (χ3v) is 8.71. The molecule has 0 aliphatic heterocycles. The molecule has 4 saturated carbocycles. The van der Waals surface area contributed by atoms with Crippen molar-refractivity contribution in [1.82, 2.24) is 0 Å². The molecule has 4 aliphatic carbocycles. The number of hydrogen-bond donors (Lipinski definition) is 0. The molecule has 0 spiro atoms. The number of rotatable bonds is 0. The third kappa shape index (κ3) is 2.48. The van der Waals surface area contributed by atoms with E-state index < -0.39 is 0 Å². The molecular formula is C22H40. The van der Waals surface area contributed by atoms with E-state index in [-0.39, 0.29) is 0 Å². The van der Waals surface area contributed by atoms with Gasteiger partial charge in [-0.05, 0) is 91.8 Å². The fourth-order valence-electron chi connectivity index (χ4n) is 7.47. The van der Waals surface area contributed by atoms with Crippen LogP contribution < -0.4 is 0 Å². The first-order chi connectivity index (χ1) is 10.5. The van der Waals surface area contributed by atoms with Gasteiger partial charge in [0, 0.05) is 0 Å². The molecule has 4 aliphatic rings. The van der Waals surface area contributed by atoms with Gasteiger partial charge < -0.3 is 0 Å². The van der Waals surface area contributed by atoms with Crippen LogP contribution in [0.4, 0.5) is 0 Å². The van der Waals surface area contributed by atoms with E-state index in [0.29, 0.717) is 0 Å². The van der Waals surface area contributed by atoms with Crippen molar-refractivity contribution in [1.29, 1.82) is 0 Å². The topological polar surface area (TPSA) is 0 Å². The van der Waals surface area contributed by atoms with E-state index in [0.717, 1.165) is 40.4 Å². The molecular weight excluding hydrogens is 264 g/mol. The Morgan fingerprint density at radius 1 is 0.773 bits per heavy atom. The van der Waals surface area contributed by atoms with Gasteiger partial charge in [0.15, 0.2) is 0 Å². The van der Waals surface area contributed by atoms with E-state index in [9.17, 15) is 0 Å². The minimum absolute atomic E-state index is 0.722. The molecule has 4 rings (SSSR count). The zero-order chi connectivity index (χ0) is 16.0. The molecule has 3 unspecified atom stereocenters. The fraction of sp³-hybridized carbons (Fsp3) is 1.00. The summed E-state index contributed by atoms with van der Waals surface area (Å²) in [6, 6.07) is 0. The Labute approximate surface area is 139 Å². The Morgan fingerprint density at radius 2 is 1.55 bits per heavy atom. The highest BCUT2D eigenvalue weighted by molar-refractivity contribution is 5.07. The van der Waals surface area contributed by atoms with Gasteiger partial charge in [-0.3, -0.25) is 0 Å². The normalized spacial score (nSPS) is 53.6. The van der Waals surface area contributed by atoms with E-state index in [1.165, 1.54) is 19.3 Å². The highest BCUT2D eigenvalue weighted by atomic mass is 14.6. The van der Waals surface area contributed by atoms with Crippen LogP contribution in [0.3, 0.4) is 0 Å². The standard InChI is InChI=1S/C20H34.C2H6/c1-14-8-12-20(3)15(13-14)6-7-16-17-5-4-10-19(17,2)11-9-18(16)20;1-2/h14-18H,4-13H2,1-3H3;1-2H3/t14?,15-,16+,17?,18?,19+,20+;/m1./s1. The van der Waals surface area contributed by atoms with Gasteiger partial charge in [-0.15, -0.1) is 0 Å². The van der Waals surface area contributed by atoms with Gasteiger partial charge in [-0.1, -0.05) is 47.5 Å². The molecule has 0 aromatic carbocycles. The van der Waals surface area contributed by atoms with Crippen molar-refractivity contribution in [3.05, 3.63) is 0 Å². The molecule has 0 saturated heterocycles. The average Bonchev–Trinajstić information content (AvgIpc) is 2.92. The lowest BCUT2D eigenvalue weighted by Gasteiger charge is -2.60. The summed E-state index contributed by atoms with van der Waals surface area (Å²) in [5.74, 6) is 5.36. The molecule has 0 amide bonds. The molecule has 4 fully saturated rings. The highest BCUT2D eigenvalue weighted by Crippen LogP contribution is 2.66. The van der Waals surface area contributed by atoms with Gasteiger partial charge in [0.2, 0.25) is 0 Å². The van der Waals surface area contributed by atoms with Crippen molar-refractivity contribution in [2.75, 3.05) is 0 Å². The van der Waals surface area contributed by atoms with Crippen LogP contribution >= 0.6 is 0 Å². The number of fused-ring (bicyclic) bond motifs is 5. The first kappa shape index (κ1) is 16.8. The molecule has 7 atom stereocenters. The second-order valence-electron chi connectivity index (χ2n) is 9.62. The largest absolute Gasteiger partial charge is 0.0683 e. The molecule has 0 bridgehead atoms. The van der Waals surface area contributed by atoms with Crippen LogP contribution in [0.1, 0.15) is 98.8 Å². The summed E-state index contributed by atoms with van der Waals surface area (Å²) in [7, 11) is 0. The van der Waals surface area contributed by atoms with Crippen molar-refractivity contribution in [3.8, 4) is 0 Å². The maximum Gasteiger partial charge on any atom is -0.0266 e. The molecule has 0 aromatic heterocycles. The Morgan fingerprint density at radius 3 is 2.32 bits per heavy atom. The van der Waals surface area contributed by atoms with Gasteiger partial charge in [0.25, 0.3) is 0 Å². The maximum absolute atomic E-state index is 2.71. The van der Waals surface area contributed by atoms with Crippen molar-refractivity contribution < 1.29 is 0 Å². The lowest BCUT2D eigenvalue weighted by atomic mass is 9.45. The van der Waals surface area contributed by atoms with Gasteiger partial charge in [0.1, 0.15) is 0 Å². The predicted molar refractivity (Wildman–Crippen MR) is 96.9 cm³/mol. The smallest absolute Gasteiger partial charge is 0.0266 e. The zero-order valence-corrected chi connectivity index (χ0v) is 16.0. The summed E-state index contributed by atoms with van der Waals surface area (Å²) in [6.07, 6.45) is 15.5. The lowest BCUT2D eigenvalue weighted by molar-refractivity contribution is -0.110. The Kier molecular flexibility index (Phi) is 4.70. The van der Waals surface area contributed by atoms with Crippen LogP contribution in [0.2, 0.25) is 0 Å². The monoisotopic (exact) mass is 304 g/mol. The van der Waals surface area contributed by atoms with E-state index >= 15 is 0 Å². The van der Waals surface area contributed by atoms with Gasteiger partial charge in [-0.25, -0.2) is 0 Å². The summed E-state index contributed by atoms with van der Waals surface area (Å²) in [5.41, 5.74) is 1.46. The molecule has 128 valence electrons. The van der Waals surface area contributed by atoms with E-state index in [2.05, 4.69) is 20.8 Å². The first-order valence-corrected chi connectivity index (χ1v) is 10.5. The molecule has 0 heteroatoms. The Hall–Kier alpha value is 0. The summed E-state index contributed by atoms with van der Waals surface area (Å²) in [5, 5.41) is 0. The SMILES string of the molecule is CC.CC1CC[C@]2(C)C3CC[C@]4(C)CCCC4[C@@H]3CC[C@@H]2C1. The van der Waals surface area contributed by atoms with Crippen LogP contribution in [-0.2, 0) is 0 Å². The minimum atomic E-state index is 0.722. The molecule has 22 heavy (non-hydrogen) atoms. The minimum Gasteiger partial charge on any atom is -0.0683 e.